The van der Waals surface area contributed by atoms with E-state index in [9.17, 15) is 0 Å². The van der Waals surface area contributed by atoms with Crippen LogP contribution in [0.3, 0.4) is 0 Å². The SMILES string of the molecule is CC1=CC2=CCOC2=C1.[Cl-].[Cl-].[Zr+3].c1ccc2[cH-]ccc2c1. The summed E-state index contributed by atoms with van der Waals surface area (Å²) in [5.74, 6) is 1.05. The van der Waals surface area contributed by atoms with E-state index >= 15 is 0 Å². The summed E-state index contributed by atoms with van der Waals surface area (Å²) in [6, 6.07) is 14.7. The number of allylic oxidation sites excluding steroid dienone is 3. The zero-order valence-electron chi connectivity index (χ0n) is 11.6. The summed E-state index contributed by atoms with van der Waals surface area (Å²) >= 11 is 0. The molecule has 2 aromatic carbocycles. The van der Waals surface area contributed by atoms with Crippen molar-refractivity contribution in [2.24, 2.45) is 0 Å². The number of ether oxygens (including phenoxy) is 1. The van der Waals surface area contributed by atoms with Crippen LogP contribution in [-0.4, -0.2) is 6.61 Å². The third-order valence-corrected chi connectivity index (χ3v) is 3.12. The average molecular weight is 397 g/mol. The van der Waals surface area contributed by atoms with Gasteiger partial charge < -0.3 is 29.6 Å². The molecule has 0 atom stereocenters. The first-order valence-electron chi connectivity index (χ1n) is 6.17. The van der Waals surface area contributed by atoms with Crippen molar-refractivity contribution in [1.82, 2.24) is 0 Å². The van der Waals surface area contributed by atoms with Crippen LogP contribution in [0, 0.1) is 0 Å². The Morgan fingerprint density at radius 2 is 1.81 bits per heavy atom. The van der Waals surface area contributed by atoms with Gasteiger partial charge in [0.2, 0.25) is 0 Å². The first-order chi connectivity index (χ1) is 8.83. The molecule has 1 nitrogen and oxygen atoms in total. The van der Waals surface area contributed by atoms with Gasteiger partial charge in [-0.1, -0.05) is 6.07 Å². The van der Waals surface area contributed by atoms with Gasteiger partial charge in [-0.2, -0.15) is 17.5 Å². The predicted octanol–water partition coefficient (Wildman–Crippen LogP) is -1.65. The number of halogens is 2. The van der Waals surface area contributed by atoms with Crippen LogP contribution in [0.4, 0.5) is 0 Å². The first kappa shape index (κ1) is 20.3. The Kier molecular flexibility index (Phi) is 9.05. The zero-order chi connectivity index (χ0) is 12.4. The Balaban J connectivity index is 0.000000333. The van der Waals surface area contributed by atoms with Crippen molar-refractivity contribution < 1.29 is 55.8 Å². The van der Waals surface area contributed by atoms with Crippen LogP contribution >= 0.6 is 0 Å². The molecular formula is C17H15Cl2OZr. The first-order valence-corrected chi connectivity index (χ1v) is 6.17. The summed E-state index contributed by atoms with van der Waals surface area (Å²) in [5.41, 5.74) is 2.54. The molecule has 1 aliphatic heterocycles. The van der Waals surface area contributed by atoms with Gasteiger partial charge in [-0.15, -0.1) is 29.7 Å². The molecule has 0 saturated carbocycles. The van der Waals surface area contributed by atoms with E-state index in [2.05, 4.69) is 67.6 Å². The van der Waals surface area contributed by atoms with Gasteiger partial charge in [0, 0.05) is 5.57 Å². The van der Waals surface area contributed by atoms with Crippen LogP contribution < -0.4 is 24.8 Å². The maximum absolute atomic E-state index is 5.26. The molecule has 1 radical (unpaired) electrons. The van der Waals surface area contributed by atoms with Crippen molar-refractivity contribution in [2.45, 2.75) is 6.92 Å². The fourth-order valence-corrected chi connectivity index (χ4v) is 2.22. The van der Waals surface area contributed by atoms with E-state index in [1.807, 2.05) is 0 Å². The minimum Gasteiger partial charge on any atom is -1.00 e. The van der Waals surface area contributed by atoms with Gasteiger partial charge >= 0.3 is 26.2 Å². The van der Waals surface area contributed by atoms with Crippen LogP contribution in [0.5, 0.6) is 0 Å². The van der Waals surface area contributed by atoms with Gasteiger partial charge in [-0.05, 0) is 30.7 Å². The molecule has 0 saturated heterocycles. The van der Waals surface area contributed by atoms with Crippen LogP contribution in [0.2, 0.25) is 0 Å². The molecule has 0 unspecified atom stereocenters. The summed E-state index contributed by atoms with van der Waals surface area (Å²) in [5, 5.41) is 2.66. The van der Waals surface area contributed by atoms with Crippen molar-refractivity contribution in [3.8, 4) is 0 Å². The van der Waals surface area contributed by atoms with Crippen LogP contribution in [0.15, 0.2) is 77.6 Å². The predicted molar refractivity (Wildman–Crippen MR) is 75.4 cm³/mol. The Morgan fingerprint density at radius 1 is 1.05 bits per heavy atom. The number of hydrogen-bond donors (Lipinski definition) is 0. The van der Waals surface area contributed by atoms with E-state index in [-0.39, 0.29) is 51.0 Å². The van der Waals surface area contributed by atoms with Gasteiger partial charge in [-0.25, -0.2) is 0 Å². The summed E-state index contributed by atoms with van der Waals surface area (Å²) in [6.45, 7) is 2.83. The monoisotopic (exact) mass is 395 g/mol. The molecule has 4 heteroatoms. The van der Waals surface area contributed by atoms with Crippen molar-refractivity contribution in [1.29, 1.82) is 0 Å². The molecule has 1 heterocycles. The second-order valence-corrected chi connectivity index (χ2v) is 4.52. The van der Waals surface area contributed by atoms with Gasteiger partial charge in [0.25, 0.3) is 0 Å². The fourth-order valence-electron chi connectivity index (χ4n) is 2.22. The van der Waals surface area contributed by atoms with E-state index in [0.717, 1.165) is 12.4 Å². The summed E-state index contributed by atoms with van der Waals surface area (Å²) in [7, 11) is 0. The van der Waals surface area contributed by atoms with Crippen molar-refractivity contribution in [3.05, 3.63) is 77.6 Å². The topological polar surface area (TPSA) is 9.23 Å². The molecule has 0 amide bonds. The fraction of sp³-hybridized carbons (Fsp3) is 0.118. The van der Waals surface area contributed by atoms with E-state index < -0.39 is 0 Å². The summed E-state index contributed by atoms with van der Waals surface area (Å²) < 4.78 is 5.26. The standard InChI is InChI=1S/C9H7.C8H8O.2ClH.Zr/c1-2-5-9-7-3-6-8(9)4-1;1-6-4-7-2-3-9-8(7)5-6;;;/h1-7H;2,4-5H,3H2,1H3;2*1H;/q-1;;;;+3/p-2. The van der Waals surface area contributed by atoms with E-state index in [1.165, 1.54) is 21.9 Å². The molecule has 0 bridgehead atoms. The quantitative estimate of drug-likeness (QED) is 0.485. The average Bonchev–Trinajstić information content (AvgIpc) is 3.03. The van der Waals surface area contributed by atoms with Crippen molar-refractivity contribution in [2.75, 3.05) is 6.61 Å². The third kappa shape index (κ3) is 4.92. The largest absolute Gasteiger partial charge is 3.00 e. The van der Waals surface area contributed by atoms with E-state index in [4.69, 9.17) is 4.74 Å². The Hall–Kier alpha value is -0.687. The molecule has 0 aromatic heterocycles. The number of fused-ring (bicyclic) bond motifs is 2. The molecule has 107 valence electrons. The molecule has 1 aliphatic carbocycles. The smallest absolute Gasteiger partial charge is 1.00 e. The molecular weight excluding hydrogens is 382 g/mol. The normalized spacial score (nSPS) is 13.9. The number of hydrogen-bond acceptors (Lipinski definition) is 1. The molecule has 2 aromatic rings. The zero-order valence-corrected chi connectivity index (χ0v) is 15.6. The molecule has 0 spiro atoms. The van der Waals surface area contributed by atoms with Gasteiger partial charge in [-0.3, -0.25) is 0 Å². The van der Waals surface area contributed by atoms with Gasteiger partial charge in [0.15, 0.2) is 0 Å². The number of rotatable bonds is 0. The second-order valence-electron chi connectivity index (χ2n) is 4.52. The maximum atomic E-state index is 5.26. The van der Waals surface area contributed by atoms with Gasteiger partial charge in [0.05, 0.1) is 0 Å². The molecule has 21 heavy (non-hydrogen) atoms. The molecule has 2 aliphatic rings. The summed E-state index contributed by atoms with van der Waals surface area (Å²) in [4.78, 5) is 0. The van der Waals surface area contributed by atoms with Gasteiger partial charge in [0.1, 0.15) is 12.4 Å². The van der Waals surface area contributed by atoms with Crippen molar-refractivity contribution >= 4 is 10.8 Å². The summed E-state index contributed by atoms with van der Waals surface area (Å²) in [6.07, 6.45) is 6.31. The van der Waals surface area contributed by atoms with Crippen LogP contribution in [-0.2, 0) is 30.9 Å². The minimum atomic E-state index is 0. The minimum absolute atomic E-state index is 0. The van der Waals surface area contributed by atoms with E-state index in [1.54, 1.807) is 0 Å². The van der Waals surface area contributed by atoms with Crippen LogP contribution in [0.1, 0.15) is 6.92 Å². The number of benzene rings is 1. The molecule has 0 N–H and O–H groups in total. The van der Waals surface area contributed by atoms with Crippen molar-refractivity contribution in [3.63, 3.8) is 0 Å². The third-order valence-electron chi connectivity index (χ3n) is 3.12. The van der Waals surface area contributed by atoms with Crippen LogP contribution in [0.25, 0.3) is 10.8 Å². The van der Waals surface area contributed by atoms with E-state index in [0.29, 0.717) is 0 Å². The Bertz CT molecular complexity index is 638. The second kappa shape index (κ2) is 9.35. The Morgan fingerprint density at radius 3 is 2.52 bits per heavy atom. The molecule has 4 rings (SSSR count). The Labute approximate surface area is 157 Å². The molecule has 0 fully saturated rings. The maximum Gasteiger partial charge on any atom is 3.00 e.